The third kappa shape index (κ3) is 6.72. The molecule has 6 nitrogen and oxygen atoms in total. The largest absolute Gasteiger partial charge is 0.494 e. The van der Waals surface area contributed by atoms with E-state index in [1.807, 2.05) is 31.2 Å². The van der Waals surface area contributed by atoms with Crippen molar-refractivity contribution in [3.05, 3.63) is 64.7 Å². The minimum absolute atomic E-state index is 0.253. The highest BCUT2D eigenvalue weighted by Crippen LogP contribution is 2.21. The molecule has 2 rings (SSSR count). The molecule has 7 heteroatoms. The molecule has 2 amide bonds. The Balaban J connectivity index is 1.94. The number of methoxy groups -OCH3 is 1. The van der Waals surface area contributed by atoms with Crippen LogP contribution in [0, 0.1) is 0 Å². The lowest BCUT2D eigenvalue weighted by Crippen LogP contribution is -2.27. The SMILES string of the molecule is CCOc1ccc(/C=C/C(=O)Nc2ccc(C(=O)NCCOC)c(Cl)c2)cc1. The fraction of sp³-hybridized carbons (Fsp3) is 0.238. The smallest absolute Gasteiger partial charge is 0.252 e. The van der Waals surface area contributed by atoms with Crippen LogP contribution in [0.4, 0.5) is 5.69 Å². The predicted octanol–water partition coefficient (Wildman–Crippen LogP) is 3.77. The number of benzene rings is 2. The summed E-state index contributed by atoms with van der Waals surface area (Å²) in [5.41, 5.74) is 1.71. The number of hydrogen-bond acceptors (Lipinski definition) is 4. The van der Waals surface area contributed by atoms with Gasteiger partial charge in [0.15, 0.2) is 0 Å². The Morgan fingerprint density at radius 3 is 2.54 bits per heavy atom. The van der Waals surface area contributed by atoms with Crippen molar-refractivity contribution in [3.8, 4) is 5.75 Å². The molecule has 0 saturated carbocycles. The van der Waals surface area contributed by atoms with Crippen molar-refractivity contribution < 1.29 is 19.1 Å². The van der Waals surface area contributed by atoms with Gasteiger partial charge in [0.05, 0.1) is 23.8 Å². The standard InChI is InChI=1S/C21H23ClN2O4/c1-3-28-17-8-4-15(5-9-17)6-11-20(25)24-16-7-10-18(19(22)14-16)21(26)23-12-13-27-2/h4-11,14H,3,12-13H2,1-2H3,(H,23,26)(H,24,25)/b11-6+. The molecule has 0 radical (unpaired) electrons. The third-order valence-electron chi connectivity index (χ3n) is 3.69. The fourth-order valence-electron chi connectivity index (χ4n) is 2.34. The molecule has 0 atom stereocenters. The van der Waals surface area contributed by atoms with Gasteiger partial charge in [-0.05, 0) is 48.9 Å². The number of ether oxygens (including phenoxy) is 2. The van der Waals surface area contributed by atoms with Gasteiger partial charge in [0.25, 0.3) is 5.91 Å². The zero-order chi connectivity index (χ0) is 20.4. The highest BCUT2D eigenvalue weighted by molar-refractivity contribution is 6.34. The fourth-order valence-corrected chi connectivity index (χ4v) is 2.60. The van der Waals surface area contributed by atoms with Crippen molar-refractivity contribution in [1.82, 2.24) is 5.32 Å². The van der Waals surface area contributed by atoms with Gasteiger partial charge in [0.1, 0.15) is 5.75 Å². The lowest BCUT2D eigenvalue weighted by molar-refractivity contribution is -0.111. The molecule has 2 aromatic rings. The molecule has 0 aliphatic heterocycles. The normalized spacial score (nSPS) is 10.7. The molecule has 2 N–H and O–H groups in total. The van der Waals surface area contributed by atoms with Gasteiger partial charge in [0, 0.05) is 25.4 Å². The van der Waals surface area contributed by atoms with E-state index in [0.717, 1.165) is 11.3 Å². The second kappa shape index (κ2) is 11.1. The lowest BCUT2D eigenvalue weighted by atomic mass is 10.2. The van der Waals surface area contributed by atoms with E-state index >= 15 is 0 Å². The van der Waals surface area contributed by atoms with Crippen LogP contribution in [0.2, 0.25) is 5.02 Å². The van der Waals surface area contributed by atoms with Gasteiger partial charge in [-0.15, -0.1) is 0 Å². The summed E-state index contributed by atoms with van der Waals surface area (Å²) in [5, 5.41) is 5.66. The Kier molecular flexibility index (Phi) is 8.52. The van der Waals surface area contributed by atoms with Crippen LogP contribution in [0.3, 0.4) is 0 Å². The number of carbonyl (C=O) groups is 2. The monoisotopic (exact) mass is 402 g/mol. The summed E-state index contributed by atoms with van der Waals surface area (Å²) < 4.78 is 10.3. The number of nitrogens with one attached hydrogen (secondary N) is 2. The number of anilines is 1. The van der Waals surface area contributed by atoms with E-state index in [2.05, 4.69) is 10.6 Å². The van der Waals surface area contributed by atoms with Crippen LogP contribution in [0.1, 0.15) is 22.8 Å². The van der Waals surface area contributed by atoms with Gasteiger partial charge in [0.2, 0.25) is 5.91 Å². The molecular weight excluding hydrogens is 380 g/mol. The van der Waals surface area contributed by atoms with Gasteiger partial charge >= 0.3 is 0 Å². The Morgan fingerprint density at radius 2 is 1.89 bits per heavy atom. The van der Waals surface area contributed by atoms with Crippen LogP contribution < -0.4 is 15.4 Å². The molecule has 0 aromatic heterocycles. The van der Waals surface area contributed by atoms with E-state index in [-0.39, 0.29) is 16.8 Å². The second-order valence-corrected chi connectivity index (χ2v) is 6.18. The van der Waals surface area contributed by atoms with Crippen LogP contribution in [-0.2, 0) is 9.53 Å². The molecule has 0 bridgehead atoms. The van der Waals surface area contributed by atoms with Gasteiger partial charge < -0.3 is 20.1 Å². The van der Waals surface area contributed by atoms with Crippen molar-refractivity contribution >= 4 is 35.2 Å². The number of amides is 2. The van der Waals surface area contributed by atoms with E-state index in [0.29, 0.717) is 31.0 Å². The van der Waals surface area contributed by atoms with Crippen LogP contribution in [0.15, 0.2) is 48.5 Å². The zero-order valence-corrected chi connectivity index (χ0v) is 16.6. The van der Waals surface area contributed by atoms with Crippen molar-refractivity contribution in [2.45, 2.75) is 6.92 Å². The van der Waals surface area contributed by atoms with E-state index in [4.69, 9.17) is 21.1 Å². The lowest BCUT2D eigenvalue weighted by Gasteiger charge is -2.08. The molecule has 0 heterocycles. The van der Waals surface area contributed by atoms with Crippen LogP contribution >= 0.6 is 11.6 Å². The van der Waals surface area contributed by atoms with E-state index < -0.39 is 0 Å². The molecule has 2 aromatic carbocycles. The van der Waals surface area contributed by atoms with Gasteiger partial charge in [-0.25, -0.2) is 0 Å². The Bertz CT molecular complexity index is 835. The van der Waals surface area contributed by atoms with Crippen molar-refractivity contribution in [2.24, 2.45) is 0 Å². The van der Waals surface area contributed by atoms with Crippen molar-refractivity contribution in [1.29, 1.82) is 0 Å². The number of rotatable bonds is 9. The molecule has 148 valence electrons. The second-order valence-electron chi connectivity index (χ2n) is 5.77. The van der Waals surface area contributed by atoms with E-state index in [1.165, 1.54) is 12.1 Å². The molecular formula is C21H23ClN2O4. The first-order chi connectivity index (χ1) is 13.5. The number of hydrogen-bond donors (Lipinski definition) is 2. The predicted molar refractivity (Wildman–Crippen MR) is 111 cm³/mol. The Hall–Kier alpha value is -2.83. The van der Waals surface area contributed by atoms with Gasteiger partial charge in [-0.1, -0.05) is 23.7 Å². The summed E-state index contributed by atoms with van der Waals surface area (Å²) in [6, 6.07) is 12.1. The number of carbonyl (C=O) groups excluding carboxylic acids is 2. The van der Waals surface area contributed by atoms with Crippen molar-refractivity contribution in [3.63, 3.8) is 0 Å². The maximum absolute atomic E-state index is 12.1. The molecule has 0 spiro atoms. The van der Waals surface area contributed by atoms with Crippen LogP contribution in [-0.4, -0.2) is 38.7 Å². The van der Waals surface area contributed by atoms with Crippen LogP contribution in [0.25, 0.3) is 6.08 Å². The molecule has 0 aliphatic carbocycles. The molecule has 0 aliphatic rings. The first-order valence-corrected chi connectivity index (χ1v) is 9.20. The highest BCUT2D eigenvalue weighted by atomic mass is 35.5. The summed E-state index contributed by atoms with van der Waals surface area (Å²) in [4.78, 5) is 24.1. The molecule has 0 saturated heterocycles. The number of halogens is 1. The highest BCUT2D eigenvalue weighted by Gasteiger charge is 2.11. The third-order valence-corrected chi connectivity index (χ3v) is 4.00. The summed E-state index contributed by atoms with van der Waals surface area (Å²) in [7, 11) is 1.56. The average Bonchev–Trinajstić information content (AvgIpc) is 2.68. The topological polar surface area (TPSA) is 76.7 Å². The first kappa shape index (κ1) is 21.5. The molecule has 0 unspecified atom stereocenters. The summed E-state index contributed by atoms with van der Waals surface area (Å²) >= 11 is 6.16. The minimum atomic E-state index is -0.303. The van der Waals surface area contributed by atoms with Gasteiger partial charge in [-0.3, -0.25) is 9.59 Å². The first-order valence-electron chi connectivity index (χ1n) is 8.82. The summed E-state index contributed by atoms with van der Waals surface area (Å²) in [5.74, 6) is 0.183. The minimum Gasteiger partial charge on any atom is -0.494 e. The van der Waals surface area contributed by atoms with Crippen molar-refractivity contribution in [2.75, 3.05) is 32.2 Å². The Labute approximate surface area is 169 Å². The Morgan fingerprint density at radius 1 is 1.14 bits per heavy atom. The molecule has 0 fully saturated rings. The van der Waals surface area contributed by atoms with Crippen LogP contribution in [0.5, 0.6) is 5.75 Å². The van der Waals surface area contributed by atoms with Gasteiger partial charge in [-0.2, -0.15) is 0 Å². The quantitative estimate of drug-likeness (QED) is 0.494. The maximum Gasteiger partial charge on any atom is 0.252 e. The van der Waals surface area contributed by atoms with E-state index in [1.54, 1.807) is 25.3 Å². The summed E-state index contributed by atoms with van der Waals surface area (Å²) in [6.45, 7) is 3.33. The van der Waals surface area contributed by atoms with E-state index in [9.17, 15) is 9.59 Å². The average molecular weight is 403 g/mol. The maximum atomic E-state index is 12.1. The molecule has 28 heavy (non-hydrogen) atoms. The zero-order valence-electron chi connectivity index (χ0n) is 15.8. The summed E-state index contributed by atoms with van der Waals surface area (Å²) in [6.07, 6.45) is 3.12.